The van der Waals surface area contributed by atoms with Gasteiger partial charge in [-0.25, -0.2) is 4.79 Å². The van der Waals surface area contributed by atoms with Gasteiger partial charge < -0.3 is 45.1 Å². The first-order chi connectivity index (χ1) is 26.0. The van der Waals surface area contributed by atoms with Crippen LogP contribution in [0.2, 0.25) is 0 Å². The summed E-state index contributed by atoms with van der Waals surface area (Å²) in [4.78, 5) is 50.9. The second kappa shape index (κ2) is 22.2. The predicted octanol–water partition coefficient (Wildman–Crippen LogP) is 2.74. The third-order valence-electron chi connectivity index (χ3n) is 9.07. The molecule has 3 aliphatic heterocycles. The van der Waals surface area contributed by atoms with E-state index in [1.807, 2.05) is 60.3 Å². The number of hydrogen-bond donors (Lipinski definition) is 4. The standard InChI is InChI=1S/C39H51N5O8S/c45-35(12-6-5-11-34-38-32(28-53-34)42-39(48)43-38)41-18-20-50-22-24-52-26-25-51-23-21-49-19-16-36(46)40-17-15-37(47)44-27-31-9-2-1-7-29(31)13-14-30-8-3-4-10-33(30)44/h1-4,7-10,32,34,38H,5-6,11-12,15-28H2,(H,40,46)(H,41,45)(H2,42,43,48)/t32-,34+,38+/m0/s1. The van der Waals surface area contributed by atoms with Gasteiger partial charge in [-0.05, 0) is 36.6 Å². The Morgan fingerprint density at radius 2 is 1.38 bits per heavy atom. The van der Waals surface area contributed by atoms with Gasteiger partial charge in [0.2, 0.25) is 17.7 Å². The van der Waals surface area contributed by atoms with Crippen molar-refractivity contribution in [2.45, 2.75) is 62.4 Å². The maximum Gasteiger partial charge on any atom is 0.315 e. The molecular formula is C39H51N5O8S. The van der Waals surface area contributed by atoms with Crippen LogP contribution < -0.4 is 26.2 Å². The molecule has 13 nitrogen and oxygen atoms in total. The number of urea groups is 1. The van der Waals surface area contributed by atoms with E-state index in [0.717, 1.165) is 47.4 Å². The molecule has 14 heteroatoms. The Kier molecular flexibility index (Phi) is 16.8. The van der Waals surface area contributed by atoms with Crippen molar-refractivity contribution in [2.75, 3.05) is 76.6 Å². The van der Waals surface area contributed by atoms with E-state index in [9.17, 15) is 19.2 Å². The highest BCUT2D eigenvalue weighted by Gasteiger charge is 2.42. The molecule has 5 amide bonds. The van der Waals surface area contributed by atoms with Crippen LogP contribution in [0.25, 0.3) is 0 Å². The summed E-state index contributed by atoms with van der Waals surface area (Å²) in [6.45, 7) is 4.24. The van der Waals surface area contributed by atoms with Crippen LogP contribution in [0.15, 0.2) is 48.5 Å². The zero-order valence-electron chi connectivity index (χ0n) is 30.2. The summed E-state index contributed by atoms with van der Waals surface area (Å²) >= 11 is 1.89. The minimum absolute atomic E-state index is 0.0276. The third-order valence-corrected chi connectivity index (χ3v) is 10.6. The molecule has 3 heterocycles. The maximum atomic E-state index is 13.3. The van der Waals surface area contributed by atoms with Crippen LogP contribution in [-0.4, -0.2) is 113 Å². The fourth-order valence-corrected chi connectivity index (χ4v) is 7.84. The fraction of sp³-hybridized carbons (Fsp3) is 0.538. The van der Waals surface area contributed by atoms with Gasteiger partial charge in [0, 0.05) is 54.5 Å². The number of anilines is 1. The van der Waals surface area contributed by atoms with Crippen LogP contribution in [0, 0.1) is 11.8 Å². The number of ether oxygens (including phenoxy) is 4. The summed E-state index contributed by atoms with van der Waals surface area (Å²) in [5.41, 5.74) is 3.45. The van der Waals surface area contributed by atoms with Gasteiger partial charge in [-0.15, -0.1) is 0 Å². The number of rotatable bonds is 23. The van der Waals surface area contributed by atoms with Crippen molar-refractivity contribution in [1.29, 1.82) is 0 Å². The summed E-state index contributed by atoms with van der Waals surface area (Å²) < 4.78 is 22.0. The van der Waals surface area contributed by atoms with Gasteiger partial charge in [-0.2, -0.15) is 11.8 Å². The molecule has 286 valence electrons. The van der Waals surface area contributed by atoms with Crippen LogP contribution in [0.3, 0.4) is 0 Å². The molecule has 53 heavy (non-hydrogen) atoms. The molecule has 2 aromatic rings. The number of unbranched alkanes of at least 4 members (excludes halogenated alkanes) is 1. The highest BCUT2D eigenvalue weighted by atomic mass is 32.2. The lowest BCUT2D eigenvalue weighted by atomic mass is 10.0. The van der Waals surface area contributed by atoms with Gasteiger partial charge in [-0.3, -0.25) is 14.4 Å². The van der Waals surface area contributed by atoms with Crippen LogP contribution in [0.4, 0.5) is 10.5 Å². The van der Waals surface area contributed by atoms with E-state index in [0.29, 0.717) is 71.0 Å². The van der Waals surface area contributed by atoms with Crippen molar-refractivity contribution in [3.63, 3.8) is 0 Å². The zero-order valence-corrected chi connectivity index (χ0v) is 31.0. The maximum absolute atomic E-state index is 13.3. The van der Waals surface area contributed by atoms with Crippen molar-refractivity contribution in [1.82, 2.24) is 21.3 Å². The molecule has 0 unspecified atom stereocenters. The molecule has 2 fully saturated rings. The molecule has 3 atom stereocenters. The average Bonchev–Trinajstić information content (AvgIpc) is 3.71. The summed E-state index contributed by atoms with van der Waals surface area (Å²) in [5, 5.41) is 12.1. The summed E-state index contributed by atoms with van der Waals surface area (Å²) in [6, 6.07) is 15.8. The van der Waals surface area contributed by atoms with Crippen molar-refractivity contribution in [3.05, 3.63) is 65.2 Å². The Labute approximate surface area is 316 Å². The van der Waals surface area contributed by atoms with Crippen molar-refractivity contribution in [2.24, 2.45) is 0 Å². The topological polar surface area (TPSA) is 157 Å². The molecule has 5 rings (SSSR count). The molecule has 0 saturated carbocycles. The number of fused-ring (bicyclic) bond motifs is 3. The van der Waals surface area contributed by atoms with Crippen molar-refractivity contribution >= 4 is 41.2 Å². The van der Waals surface area contributed by atoms with E-state index in [-0.39, 0.29) is 61.8 Å². The minimum atomic E-state index is -0.177. The zero-order chi connectivity index (χ0) is 37.1. The molecule has 0 radical (unpaired) electrons. The molecular weight excluding hydrogens is 699 g/mol. The number of nitrogens with one attached hydrogen (secondary N) is 4. The lowest BCUT2D eigenvalue weighted by Gasteiger charge is -2.26. The van der Waals surface area contributed by atoms with Crippen molar-refractivity contribution < 1.29 is 38.1 Å². The monoisotopic (exact) mass is 749 g/mol. The number of carbonyl (C=O) groups excluding carboxylic acids is 4. The highest BCUT2D eigenvalue weighted by molar-refractivity contribution is 8.00. The molecule has 0 spiro atoms. The summed E-state index contributed by atoms with van der Waals surface area (Å²) in [5.74, 6) is 7.13. The SMILES string of the molecule is O=C(CCCC[C@H]1SC[C@@H]2NC(=O)N[C@H]21)NCCOCCOCCOCCOCCC(=O)NCCC(=O)N1Cc2ccccc2C#Cc2ccccc21. The number of carbonyl (C=O) groups is 4. The number of hydrogen-bond acceptors (Lipinski definition) is 9. The van der Waals surface area contributed by atoms with Crippen LogP contribution in [-0.2, 0) is 39.9 Å². The third kappa shape index (κ3) is 13.3. The van der Waals surface area contributed by atoms with E-state index >= 15 is 0 Å². The smallest absolute Gasteiger partial charge is 0.315 e. The van der Waals surface area contributed by atoms with Crippen LogP contribution >= 0.6 is 11.8 Å². The van der Waals surface area contributed by atoms with E-state index in [2.05, 4.69) is 33.1 Å². The number of para-hydroxylation sites is 1. The van der Waals surface area contributed by atoms with Gasteiger partial charge in [0.1, 0.15) is 0 Å². The first-order valence-electron chi connectivity index (χ1n) is 18.5. The Hall–Kier alpha value is -4.13. The molecule has 2 aromatic carbocycles. The fourth-order valence-electron chi connectivity index (χ4n) is 6.29. The van der Waals surface area contributed by atoms with Gasteiger partial charge in [-0.1, -0.05) is 48.6 Å². The molecule has 4 N–H and O–H groups in total. The lowest BCUT2D eigenvalue weighted by molar-refractivity contribution is -0.123. The first-order valence-corrected chi connectivity index (χ1v) is 19.5. The average molecular weight is 750 g/mol. The summed E-state index contributed by atoms with van der Waals surface area (Å²) in [6.07, 6.45) is 3.64. The van der Waals surface area contributed by atoms with E-state index in [1.54, 1.807) is 4.90 Å². The van der Waals surface area contributed by atoms with Crippen molar-refractivity contribution in [3.8, 4) is 11.8 Å². The van der Waals surface area contributed by atoms with Gasteiger partial charge in [0.05, 0.1) is 77.2 Å². The van der Waals surface area contributed by atoms with Crippen LogP contribution in [0.5, 0.6) is 0 Å². The highest BCUT2D eigenvalue weighted by Crippen LogP contribution is 2.33. The van der Waals surface area contributed by atoms with Gasteiger partial charge in [0.25, 0.3) is 0 Å². The minimum Gasteiger partial charge on any atom is -0.379 e. The molecule has 2 saturated heterocycles. The Bertz CT molecular complexity index is 1580. The normalized spacial score (nSPS) is 18.3. The second-order valence-electron chi connectivity index (χ2n) is 12.9. The van der Waals surface area contributed by atoms with E-state index in [1.165, 1.54) is 0 Å². The summed E-state index contributed by atoms with van der Waals surface area (Å²) in [7, 11) is 0. The van der Waals surface area contributed by atoms with Gasteiger partial charge in [0.15, 0.2) is 0 Å². The van der Waals surface area contributed by atoms with E-state index in [4.69, 9.17) is 18.9 Å². The molecule has 0 aromatic heterocycles. The number of thioether (sulfide) groups is 1. The van der Waals surface area contributed by atoms with E-state index < -0.39 is 0 Å². The predicted molar refractivity (Wildman–Crippen MR) is 203 cm³/mol. The Morgan fingerprint density at radius 3 is 2.17 bits per heavy atom. The van der Waals surface area contributed by atoms with Gasteiger partial charge >= 0.3 is 6.03 Å². The number of nitrogens with zero attached hydrogens (tertiary/aromatic N) is 1. The Morgan fingerprint density at radius 1 is 0.736 bits per heavy atom. The number of amides is 5. The lowest BCUT2D eigenvalue weighted by Crippen LogP contribution is -2.36. The quantitative estimate of drug-likeness (QED) is 0.0763. The molecule has 0 bridgehead atoms. The first kappa shape index (κ1) is 40.1. The molecule has 3 aliphatic rings. The second-order valence-corrected chi connectivity index (χ2v) is 14.2. The molecule has 0 aliphatic carbocycles. The number of benzene rings is 2. The Balaban J connectivity index is 0.786. The largest absolute Gasteiger partial charge is 0.379 e. The van der Waals surface area contributed by atoms with Crippen LogP contribution in [0.1, 0.15) is 55.2 Å².